The predicted molar refractivity (Wildman–Crippen MR) is 84.1 cm³/mol. The zero-order valence-electron chi connectivity index (χ0n) is 11.9. The molecule has 4 heteroatoms. The monoisotopic (exact) mass is 276 g/mol. The minimum Gasteiger partial charge on any atom is -0.384 e. The van der Waals surface area contributed by atoms with Crippen LogP contribution in [-0.2, 0) is 13.5 Å². The summed E-state index contributed by atoms with van der Waals surface area (Å²) in [5.74, 6) is 0. The molecule has 0 unspecified atom stereocenters. The van der Waals surface area contributed by atoms with Crippen LogP contribution in [0.4, 0.5) is 5.69 Å². The maximum atomic E-state index is 9.17. The molecule has 1 N–H and O–H groups in total. The molecule has 2 aromatic carbocycles. The van der Waals surface area contributed by atoms with E-state index in [0.717, 1.165) is 35.1 Å². The Labute approximate surface area is 123 Å². The van der Waals surface area contributed by atoms with E-state index in [9.17, 15) is 5.26 Å². The Hall–Kier alpha value is -2.80. The van der Waals surface area contributed by atoms with Crippen LogP contribution in [0.2, 0.25) is 0 Å². The standard InChI is InChI=1S/C17H16N4/c1-21-11-9-14(20-21)8-10-19-17-7-6-13(12-18)15-4-2-3-5-16(15)17/h2-7,9,11,19H,8,10H2,1H3. The molecule has 0 saturated heterocycles. The van der Waals surface area contributed by atoms with Gasteiger partial charge in [0.15, 0.2) is 0 Å². The first-order valence-electron chi connectivity index (χ1n) is 6.92. The Morgan fingerprint density at radius 2 is 1.95 bits per heavy atom. The second-order valence-electron chi connectivity index (χ2n) is 4.98. The number of hydrogen-bond acceptors (Lipinski definition) is 3. The quantitative estimate of drug-likeness (QED) is 0.796. The Morgan fingerprint density at radius 1 is 1.14 bits per heavy atom. The lowest BCUT2D eigenvalue weighted by Crippen LogP contribution is -2.06. The van der Waals surface area contributed by atoms with Gasteiger partial charge in [0.25, 0.3) is 0 Å². The lowest BCUT2D eigenvalue weighted by atomic mass is 10.0. The molecule has 21 heavy (non-hydrogen) atoms. The molecule has 1 aromatic heterocycles. The molecule has 0 bridgehead atoms. The highest BCUT2D eigenvalue weighted by Crippen LogP contribution is 2.26. The van der Waals surface area contributed by atoms with E-state index in [0.29, 0.717) is 5.56 Å². The summed E-state index contributed by atoms with van der Waals surface area (Å²) in [7, 11) is 1.92. The van der Waals surface area contributed by atoms with Gasteiger partial charge in [-0.2, -0.15) is 10.4 Å². The zero-order valence-corrected chi connectivity index (χ0v) is 11.9. The molecule has 1 heterocycles. The van der Waals surface area contributed by atoms with Crippen LogP contribution in [0.3, 0.4) is 0 Å². The van der Waals surface area contributed by atoms with E-state index in [1.807, 2.05) is 60.4 Å². The Morgan fingerprint density at radius 3 is 2.67 bits per heavy atom. The van der Waals surface area contributed by atoms with E-state index in [1.165, 1.54) is 0 Å². The van der Waals surface area contributed by atoms with Gasteiger partial charge in [-0.3, -0.25) is 4.68 Å². The number of rotatable bonds is 4. The summed E-state index contributed by atoms with van der Waals surface area (Å²) >= 11 is 0. The van der Waals surface area contributed by atoms with Crippen molar-refractivity contribution in [3.05, 3.63) is 59.9 Å². The largest absolute Gasteiger partial charge is 0.384 e. The van der Waals surface area contributed by atoms with Crippen LogP contribution in [0, 0.1) is 11.3 Å². The summed E-state index contributed by atoms with van der Waals surface area (Å²) in [6.45, 7) is 0.812. The minimum absolute atomic E-state index is 0.709. The molecular weight excluding hydrogens is 260 g/mol. The molecule has 0 radical (unpaired) electrons. The fraction of sp³-hybridized carbons (Fsp3) is 0.176. The first kappa shape index (κ1) is 13.2. The number of fused-ring (bicyclic) bond motifs is 1. The van der Waals surface area contributed by atoms with Gasteiger partial charge in [0.1, 0.15) is 0 Å². The topological polar surface area (TPSA) is 53.6 Å². The molecule has 3 rings (SSSR count). The van der Waals surface area contributed by atoms with E-state index in [-0.39, 0.29) is 0 Å². The van der Waals surface area contributed by atoms with Crippen molar-refractivity contribution in [2.24, 2.45) is 7.05 Å². The van der Waals surface area contributed by atoms with Crippen LogP contribution < -0.4 is 5.32 Å². The van der Waals surface area contributed by atoms with Gasteiger partial charge in [-0.25, -0.2) is 0 Å². The van der Waals surface area contributed by atoms with E-state index in [2.05, 4.69) is 16.5 Å². The highest BCUT2D eigenvalue weighted by Gasteiger charge is 2.05. The fourth-order valence-corrected chi connectivity index (χ4v) is 2.47. The molecular formula is C17H16N4. The summed E-state index contributed by atoms with van der Waals surface area (Å²) in [5.41, 5.74) is 2.84. The smallest absolute Gasteiger partial charge is 0.0998 e. The van der Waals surface area contributed by atoms with E-state index < -0.39 is 0 Å². The molecule has 0 spiro atoms. The number of aryl methyl sites for hydroxylation is 1. The van der Waals surface area contributed by atoms with Gasteiger partial charge in [-0.05, 0) is 18.2 Å². The molecule has 104 valence electrons. The number of aromatic nitrogens is 2. The average Bonchev–Trinajstić information content (AvgIpc) is 2.93. The second kappa shape index (κ2) is 5.68. The van der Waals surface area contributed by atoms with Crippen LogP contribution in [0.1, 0.15) is 11.3 Å². The number of benzene rings is 2. The van der Waals surface area contributed by atoms with Crippen LogP contribution in [0.15, 0.2) is 48.7 Å². The Kier molecular flexibility index (Phi) is 3.57. The molecule has 0 fully saturated rings. The van der Waals surface area contributed by atoms with E-state index >= 15 is 0 Å². The van der Waals surface area contributed by atoms with Crippen LogP contribution in [-0.4, -0.2) is 16.3 Å². The van der Waals surface area contributed by atoms with Gasteiger partial charge in [-0.1, -0.05) is 24.3 Å². The summed E-state index contributed by atoms with van der Waals surface area (Å²) in [6, 6.07) is 16.1. The van der Waals surface area contributed by atoms with Crippen molar-refractivity contribution in [3.63, 3.8) is 0 Å². The molecule has 0 amide bonds. The first-order chi connectivity index (χ1) is 10.3. The number of nitriles is 1. The minimum atomic E-state index is 0.709. The summed E-state index contributed by atoms with van der Waals surface area (Å²) in [5, 5.41) is 19.0. The molecule has 0 aliphatic heterocycles. The van der Waals surface area contributed by atoms with Gasteiger partial charge >= 0.3 is 0 Å². The third-order valence-corrected chi connectivity index (χ3v) is 3.51. The van der Waals surface area contributed by atoms with Crippen molar-refractivity contribution in [3.8, 4) is 6.07 Å². The lowest BCUT2D eigenvalue weighted by Gasteiger charge is -2.10. The zero-order chi connectivity index (χ0) is 14.7. The van der Waals surface area contributed by atoms with Crippen molar-refractivity contribution in [2.75, 3.05) is 11.9 Å². The van der Waals surface area contributed by atoms with Crippen LogP contribution >= 0.6 is 0 Å². The number of nitrogens with one attached hydrogen (secondary N) is 1. The number of nitrogens with zero attached hydrogens (tertiary/aromatic N) is 3. The number of anilines is 1. The van der Waals surface area contributed by atoms with Crippen molar-refractivity contribution in [1.82, 2.24) is 9.78 Å². The Balaban J connectivity index is 1.80. The highest BCUT2D eigenvalue weighted by atomic mass is 15.2. The first-order valence-corrected chi connectivity index (χ1v) is 6.92. The Bertz CT molecular complexity index is 811. The van der Waals surface area contributed by atoms with E-state index in [1.54, 1.807) is 0 Å². The van der Waals surface area contributed by atoms with Crippen molar-refractivity contribution < 1.29 is 0 Å². The van der Waals surface area contributed by atoms with Gasteiger partial charge in [0.2, 0.25) is 0 Å². The van der Waals surface area contributed by atoms with Gasteiger partial charge < -0.3 is 5.32 Å². The maximum Gasteiger partial charge on any atom is 0.0998 e. The second-order valence-corrected chi connectivity index (χ2v) is 4.98. The summed E-state index contributed by atoms with van der Waals surface area (Å²) < 4.78 is 1.81. The fourth-order valence-electron chi connectivity index (χ4n) is 2.47. The van der Waals surface area contributed by atoms with Crippen molar-refractivity contribution >= 4 is 16.5 Å². The molecule has 0 aliphatic rings. The molecule has 0 atom stereocenters. The maximum absolute atomic E-state index is 9.17. The van der Waals surface area contributed by atoms with Gasteiger partial charge in [-0.15, -0.1) is 0 Å². The summed E-state index contributed by atoms with van der Waals surface area (Å²) in [4.78, 5) is 0. The van der Waals surface area contributed by atoms with Crippen molar-refractivity contribution in [1.29, 1.82) is 5.26 Å². The molecule has 0 saturated carbocycles. The van der Waals surface area contributed by atoms with E-state index in [4.69, 9.17) is 0 Å². The molecule has 3 aromatic rings. The third-order valence-electron chi connectivity index (χ3n) is 3.51. The van der Waals surface area contributed by atoms with Gasteiger partial charge in [0, 0.05) is 42.7 Å². The van der Waals surface area contributed by atoms with Crippen LogP contribution in [0.25, 0.3) is 10.8 Å². The predicted octanol–water partition coefficient (Wildman–Crippen LogP) is 3.10. The van der Waals surface area contributed by atoms with Gasteiger partial charge in [0.05, 0.1) is 17.3 Å². The highest BCUT2D eigenvalue weighted by molar-refractivity contribution is 5.97. The van der Waals surface area contributed by atoms with Crippen molar-refractivity contribution in [2.45, 2.75) is 6.42 Å². The average molecular weight is 276 g/mol. The SMILES string of the molecule is Cn1ccc(CCNc2ccc(C#N)c3ccccc23)n1. The third kappa shape index (κ3) is 2.72. The number of hydrogen-bond donors (Lipinski definition) is 1. The molecule has 4 nitrogen and oxygen atoms in total. The normalized spacial score (nSPS) is 10.5. The van der Waals surface area contributed by atoms with Crippen LogP contribution in [0.5, 0.6) is 0 Å². The summed E-state index contributed by atoms with van der Waals surface area (Å²) in [6.07, 6.45) is 2.82. The molecule has 0 aliphatic carbocycles. The lowest BCUT2D eigenvalue weighted by molar-refractivity contribution is 0.742.